The van der Waals surface area contributed by atoms with Gasteiger partial charge in [0.2, 0.25) is 18.4 Å². The van der Waals surface area contributed by atoms with Crippen LogP contribution in [0.3, 0.4) is 0 Å². The Morgan fingerprint density at radius 2 is 1.73 bits per heavy atom. The molecule has 2 aliphatic rings. The summed E-state index contributed by atoms with van der Waals surface area (Å²) in [5, 5.41) is 14.0. The Morgan fingerprint density at radius 3 is 2.40 bits per heavy atom. The molecular formula is C35H42N2O8. The van der Waals surface area contributed by atoms with Gasteiger partial charge in [-0.2, -0.15) is 0 Å². The van der Waals surface area contributed by atoms with Crippen LogP contribution in [0.5, 0.6) is 23.0 Å². The molecule has 2 N–H and O–H groups in total. The number of rotatable bonds is 13. The zero-order valence-corrected chi connectivity index (χ0v) is 26.6. The van der Waals surface area contributed by atoms with Crippen LogP contribution in [0.1, 0.15) is 53.6 Å². The topological polar surface area (TPSA) is 116 Å². The first-order chi connectivity index (χ1) is 21.8. The molecule has 10 nitrogen and oxygen atoms in total. The van der Waals surface area contributed by atoms with Gasteiger partial charge >= 0.3 is 5.97 Å². The van der Waals surface area contributed by atoms with Gasteiger partial charge in [-0.15, -0.1) is 0 Å². The molecule has 0 saturated carbocycles. The number of benzene rings is 3. The molecule has 0 aromatic heterocycles. The minimum absolute atomic E-state index is 0.0147. The van der Waals surface area contributed by atoms with E-state index in [9.17, 15) is 14.7 Å². The Morgan fingerprint density at radius 1 is 1.00 bits per heavy atom. The van der Waals surface area contributed by atoms with Crippen molar-refractivity contribution in [2.45, 2.75) is 45.6 Å². The van der Waals surface area contributed by atoms with Gasteiger partial charge in [-0.1, -0.05) is 49.7 Å². The van der Waals surface area contributed by atoms with Crippen LogP contribution in [0.2, 0.25) is 0 Å². The van der Waals surface area contributed by atoms with Gasteiger partial charge in [0.25, 0.3) is 0 Å². The summed E-state index contributed by atoms with van der Waals surface area (Å²) >= 11 is 0. The zero-order chi connectivity index (χ0) is 32.1. The Labute approximate surface area is 264 Å². The summed E-state index contributed by atoms with van der Waals surface area (Å²) in [5.41, 5.74) is 5.56. The predicted molar refractivity (Wildman–Crippen MR) is 170 cm³/mol. The third-order valence-electron chi connectivity index (χ3n) is 8.59. The fraction of sp³-hybridized carbons (Fsp3) is 0.429. The molecule has 45 heavy (non-hydrogen) atoms. The van der Waals surface area contributed by atoms with Crippen LogP contribution < -0.4 is 24.3 Å². The second-order valence-electron chi connectivity index (χ2n) is 11.4. The van der Waals surface area contributed by atoms with Gasteiger partial charge < -0.3 is 34.1 Å². The minimum atomic E-state index is -0.976. The lowest BCUT2D eigenvalue weighted by atomic mass is 9.82. The van der Waals surface area contributed by atoms with Crippen molar-refractivity contribution in [2.75, 3.05) is 52.6 Å². The van der Waals surface area contributed by atoms with E-state index < -0.39 is 23.8 Å². The molecular weight excluding hydrogens is 576 g/mol. The van der Waals surface area contributed by atoms with Gasteiger partial charge in [0, 0.05) is 30.8 Å². The number of nitrogens with one attached hydrogen (secondary N) is 1. The number of amides is 1. The van der Waals surface area contributed by atoms with Crippen LogP contribution in [-0.4, -0.2) is 69.2 Å². The largest absolute Gasteiger partial charge is 0.493 e. The molecule has 240 valence electrons. The number of carboxylic acids is 1. The zero-order valence-electron chi connectivity index (χ0n) is 26.6. The summed E-state index contributed by atoms with van der Waals surface area (Å²) in [6, 6.07) is 14.6. The summed E-state index contributed by atoms with van der Waals surface area (Å²) in [5.74, 6) is -0.566. The summed E-state index contributed by atoms with van der Waals surface area (Å²) in [7, 11) is 3.14. The number of hydrogen-bond acceptors (Lipinski definition) is 8. The van der Waals surface area contributed by atoms with Crippen LogP contribution >= 0.6 is 0 Å². The molecule has 3 atom stereocenters. The SMILES string of the molecule is CCc1cc(C)cc(CC)c1NC(=O)CN1C[C@H](c2cc(OC)c3c(c2)OCO3)[C@@H](C(=O)O)[C@@H]1c1ccccc1OCCOC. The summed E-state index contributed by atoms with van der Waals surface area (Å²) in [6.45, 7) is 7.23. The number of carbonyl (C=O) groups is 2. The van der Waals surface area contributed by atoms with Crippen molar-refractivity contribution in [1.29, 1.82) is 0 Å². The molecule has 0 bridgehead atoms. The van der Waals surface area contributed by atoms with E-state index in [2.05, 4.69) is 38.2 Å². The van der Waals surface area contributed by atoms with E-state index in [1.165, 1.54) is 7.11 Å². The number of ether oxygens (including phenoxy) is 5. The molecule has 5 rings (SSSR count). The number of likely N-dealkylation sites (tertiary alicyclic amines) is 1. The molecule has 2 heterocycles. The first-order valence-electron chi connectivity index (χ1n) is 15.4. The number of aryl methyl sites for hydroxylation is 3. The highest BCUT2D eigenvalue weighted by atomic mass is 16.7. The van der Waals surface area contributed by atoms with E-state index in [1.54, 1.807) is 7.11 Å². The number of fused-ring (bicyclic) bond motifs is 1. The second kappa shape index (κ2) is 14.2. The first kappa shape index (κ1) is 32.1. The normalized spacial score (nSPS) is 19.0. The van der Waals surface area contributed by atoms with E-state index in [4.69, 9.17) is 23.7 Å². The number of carboxylic acid groups (broad SMARTS) is 1. The van der Waals surface area contributed by atoms with Crippen molar-refractivity contribution in [3.8, 4) is 23.0 Å². The molecule has 0 aliphatic carbocycles. The third-order valence-corrected chi connectivity index (χ3v) is 8.59. The molecule has 1 saturated heterocycles. The number of carbonyl (C=O) groups excluding carboxylic acids is 1. The average molecular weight is 619 g/mol. The van der Waals surface area contributed by atoms with Crippen molar-refractivity contribution in [1.82, 2.24) is 4.90 Å². The third kappa shape index (κ3) is 6.72. The molecule has 2 aliphatic heterocycles. The van der Waals surface area contributed by atoms with Crippen LogP contribution in [0.25, 0.3) is 0 Å². The number of anilines is 1. The lowest BCUT2D eigenvalue weighted by Crippen LogP contribution is -2.35. The van der Waals surface area contributed by atoms with Crippen LogP contribution in [0.4, 0.5) is 5.69 Å². The van der Waals surface area contributed by atoms with Crippen molar-refractivity contribution in [3.05, 3.63) is 76.3 Å². The Hall–Kier alpha value is -4.28. The van der Waals surface area contributed by atoms with Gasteiger partial charge in [-0.05, 0) is 54.7 Å². The van der Waals surface area contributed by atoms with Gasteiger partial charge in [-0.25, -0.2) is 0 Å². The number of hydrogen-bond donors (Lipinski definition) is 2. The molecule has 0 unspecified atom stereocenters. The maximum atomic E-state index is 13.8. The highest BCUT2D eigenvalue weighted by Gasteiger charge is 2.49. The highest BCUT2D eigenvalue weighted by molar-refractivity contribution is 5.94. The fourth-order valence-electron chi connectivity index (χ4n) is 6.58. The Kier molecular flexibility index (Phi) is 10.1. The van der Waals surface area contributed by atoms with Crippen molar-refractivity contribution in [3.63, 3.8) is 0 Å². The van der Waals surface area contributed by atoms with Gasteiger partial charge in [0.1, 0.15) is 12.4 Å². The molecule has 10 heteroatoms. The van der Waals surface area contributed by atoms with Crippen molar-refractivity contribution in [2.24, 2.45) is 5.92 Å². The Bertz CT molecular complexity index is 1520. The van der Waals surface area contributed by atoms with Gasteiger partial charge in [0.15, 0.2) is 11.5 Å². The van der Waals surface area contributed by atoms with Crippen molar-refractivity contribution >= 4 is 17.6 Å². The van der Waals surface area contributed by atoms with Crippen LogP contribution in [0.15, 0.2) is 48.5 Å². The van der Waals surface area contributed by atoms with Crippen LogP contribution in [0, 0.1) is 12.8 Å². The summed E-state index contributed by atoms with van der Waals surface area (Å²) < 4.78 is 28.1. The first-order valence-corrected chi connectivity index (χ1v) is 15.4. The molecule has 1 fully saturated rings. The molecule has 3 aromatic carbocycles. The highest BCUT2D eigenvalue weighted by Crippen LogP contribution is 2.51. The monoisotopic (exact) mass is 618 g/mol. The van der Waals surface area contributed by atoms with Gasteiger partial charge in [-0.3, -0.25) is 14.5 Å². The maximum absolute atomic E-state index is 13.8. The number of aliphatic carboxylic acids is 1. The van der Waals surface area contributed by atoms with E-state index in [0.29, 0.717) is 48.3 Å². The molecule has 0 radical (unpaired) electrons. The van der Waals surface area contributed by atoms with E-state index >= 15 is 0 Å². The quantitative estimate of drug-likeness (QED) is 0.244. The fourth-order valence-corrected chi connectivity index (χ4v) is 6.58. The lowest BCUT2D eigenvalue weighted by Gasteiger charge is -2.28. The second-order valence-corrected chi connectivity index (χ2v) is 11.4. The number of nitrogens with zero attached hydrogens (tertiary/aromatic N) is 1. The van der Waals surface area contributed by atoms with Crippen LogP contribution in [-0.2, 0) is 27.2 Å². The minimum Gasteiger partial charge on any atom is -0.493 e. The van der Waals surface area contributed by atoms with E-state index in [1.807, 2.05) is 41.3 Å². The summed E-state index contributed by atoms with van der Waals surface area (Å²) in [4.78, 5) is 29.0. The predicted octanol–water partition coefficient (Wildman–Crippen LogP) is 5.36. The lowest BCUT2D eigenvalue weighted by molar-refractivity contribution is -0.143. The Balaban J connectivity index is 1.55. The number of para-hydroxylation sites is 1. The summed E-state index contributed by atoms with van der Waals surface area (Å²) in [6.07, 6.45) is 1.55. The van der Waals surface area contributed by atoms with E-state index in [0.717, 1.165) is 40.8 Å². The van der Waals surface area contributed by atoms with E-state index in [-0.39, 0.29) is 19.2 Å². The molecule has 0 spiro atoms. The number of methoxy groups -OCH3 is 2. The smallest absolute Gasteiger partial charge is 0.309 e. The average Bonchev–Trinajstić information content (AvgIpc) is 3.66. The standard InChI is InChI=1S/C35H42N2O8/c1-6-22-14-21(3)15-23(7-2)32(22)36-30(38)19-37-18-26(24-16-28(42-5)34-29(17-24)44-20-45-34)31(35(39)40)33(37)25-10-8-9-11-27(25)43-13-12-41-4/h8-11,14-17,26,31,33H,6-7,12-13,18-20H2,1-5H3,(H,36,38)(H,39,40)/t26-,31-,33+/m1/s1. The van der Waals surface area contributed by atoms with Gasteiger partial charge in [0.05, 0.1) is 32.2 Å². The molecule has 3 aromatic rings. The molecule has 1 amide bonds. The van der Waals surface area contributed by atoms with Crippen molar-refractivity contribution < 1.29 is 38.4 Å². The maximum Gasteiger partial charge on any atom is 0.309 e.